The summed E-state index contributed by atoms with van der Waals surface area (Å²) in [5.41, 5.74) is 28.4. The van der Waals surface area contributed by atoms with Gasteiger partial charge in [0.15, 0.2) is 0 Å². The lowest BCUT2D eigenvalue weighted by Crippen LogP contribution is -2.31. The van der Waals surface area contributed by atoms with Gasteiger partial charge in [-0.25, -0.2) is 9.97 Å². The van der Waals surface area contributed by atoms with Crippen LogP contribution in [0.5, 0.6) is 0 Å². The summed E-state index contributed by atoms with van der Waals surface area (Å²) in [5, 5.41) is 22.6. The SMILES string of the molecule is c1ccc(-c2nc3cc(-c4cccc(-c5ccc6c7ccccc7c7ccccc7c6c5)c4)ccc3c3cc4c(cc23)-c2ccccc2C42c3ccccc3Sc3ccccc32)cc1.c1ccc2c(c1)Sc1ccccc1C21c2ccccc2-c2cc3c(-c4ccc(-c5ccc6c7ccccc7c7ccccc7c6c5)cc4)nc4ccccc4c3cc21. The van der Waals surface area contributed by atoms with Crippen molar-refractivity contribution < 1.29 is 0 Å². The fourth-order valence-corrected chi connectivity index (χ4v) is 24.1. The Bertz CT molecular complexity index is 8310. The molecule has 2 nitrogen and oxygen atoms in total. The van der Waals surface area contributed by atoms with Gasteiger partial charge < -0.3 is 0 Å². The second-order valence-electron chi connectivity index (χ2n) is 33.1. The quantitative estimate of drug-likeness (QED) is 0.160. The average molecular weight is 1580 g/mol. The Morgan fingerprint density at radius 3 is 0.885 bits per heavy atom. The normalized spacial score (nSPS) is 13.5. The van der Waals surface area contributed by atoms with E-state index in [0.717, 1.165) is 44.5 Å². The van der Waals surface area contributed by atoms with E-state index in [0.29, 0.717) is 0 Å². The largest absolute Gasteiger partial charge is 0.247 e. The molecule has 4 heteroatoms. The van der Waals surface area contributed by atoms with Crippen molar-refractivity contribution in [2.75, 3.05) is 0 Å². The minimum absolute atomic E-state index is 0.428. The monoisotopic (exact) mass is 1580 g/mol. The minimum atomic E-state index is -0.455. The van der Waals surface area contributed by atoms with Crippen molar-refractivity contribution in [1.82, 2.24) is 9.97 Å². The fraction of sp³-hybridized carbons (Fsp3) is 0.0169. The van der Waals surface area contributed by atoms with E-state index in [9.17, 15) is 0 Å². The standard InChI is InChI=1S/C62H37NS.C56H33NS/c1-2-15-38(16-3-1)61-53-36-52-48-23-8-9-24-54(48)62(55-25-10-12-27-59(55)64-60-28-13-11-26-56(60)62)57(52)37-51(53)49-32-30-42(35-58(49)63-61)40-18-14-17-39(33-40)41-29-31-47-45-21-5-4-19-43(45)44-20-6-7-22-46(44)50(47)34-41;1-2-15-39-37(13-1)38-14-3-4-16-40(38)44-31-36(29-30-41(39)44)34-25-27-35(28-26-34)55-47-32-46-42-17-5-7-19-48(42)56(51(46)33-45(47)43-18-6-10-22-52(43)57-55)49-20-8-11-23-53(49)58-54-24-12-9-21-50(54)56/h1-37H;1-33H. The third kappa shape index (κ3) is 10.1. The molecule has 0 N–H and O–H groups in total. The lowest BCUT2D eigenvalue weighted by Gasteiger charge is -2.39. The number of pyridine rings is 2. The zero-order valence-electron chi connectivity index (χ0n) is 66.1. The molecule has 27 rings (SSSR count). The van der Waals surface area contributed by atoms with Gasteiger partial charge in [0.05, 0.1) is 33.3 Å². The summed E-state index contributed by atoms with van der Waals surface area (Å²) < 4.78 is 0. The smallest absolute Gasteiger partial charge is 0.0788 e. The van der Waals surface area contributed by atoms with Crippen LogP contribution in [-0.4, -0.2) is 9.97 Å². The van der Waals surface area contributed by atoms with Crippen LogP contribution in [0.15, 0.2) is 444 Å². The summed E-state index contributed by atoms with van der Waals surface area (Å²) in [6.07, 6.45) is 0. The van der Waals surface area contributed by atoms with Crippen molar-refractivity contribution in [3.8, 4) is 78.1 Å². The van der Waals surface area contributed by atoms with Crippen molar-refractivity contribution in [3.05, 3.63) is 469 Å². The minimum Gasteiger partial charge on any atom is -0.247 e. The van der Waals surface area contributed by atoms with Gasteiger partial charge in [0.2, 0.25) is 0 Å². The van der Waals surface area contributed by atoms with Crippen LogP contribution in [0.25, 0.3) is 186 Å². The Hall–Kier alpha value is -14.8. The van der Waals surface area contributed by atoms with Crippen molar-refractivity contribution in [2.45, 2.75) is 30.4 Å². The third-order valence-electron chi connectivity index (χ3n) is 27.0. The maximum Gasteiger partial charge on any atom is 0.0788 e. The number of fused-ring (bicyclic) bond motifs is 36. The van der Waals surface area contributed by atoms with Gasteiger partial charge in [-0.05, 0) is 254 Å². The summed E-state index contributed by atoms with van der Waals surface area (Å²) in [4.78, 5) is 16.3. The molecule has 0 saturated carbocycles. The first-order valence-electron chi connectivity index (χ1n) is 42.1. The average Bonchev–Trinajstić information content (AvgIpc) is 1.52. The Morgan fingerprint density at radius 2 is 0.434 bits per heavy atom. The van der Waals surface area contributed by atoms with Crippen LogP contribution in [0.1, 0.15) is 44.5 Å². The predicted octanol–water partition coefficient (Wildman–Crippen LogP) is 31.7. The molecular weight excluding hydrogens is 1510 g/mol. The summed E-state index contributed by atoms with van der Waals surface area (Å²) in [7, 11) is 0. The predicted molar refractivity (Wildman–Crippen MR) is 514 cm³/mol. The van der Waals surface area contributed by atoms with Gasteiger partial charge in [-0.2, -0.15) is 0 Å². The van der Waals surface area contributed by atoms with Gasteiger partial charge in [-0.3, -0.25) is 0 Å². The Balaban J connectivity index is 0.000000132. The van der Waals surface area contributed by atoms with E-state index in [1.807, 2.05) is 23.5 Å². The summed E-state index contributed by atoms with van der Waals surface area (Å²) in [5.74, 6) is 0. The van der Waals surface area contributed by atoms with E-state index in [4.69, 9.17) is 9.97 Å². The van der Waals surface area contributed by atoms with Crippen molar-refractivity contribution in [1.29, 1.82) is 0 Å². The molecular formula is C118H70N2S2. The van der Waals surface area contributed by atoms with E-state index < -0.39 is 10.8 Å². The van der Waals surface area contributed by atoms with Gasteiger partial charge in [-0.1, -0.05) is 369 Å². The number of benzene rings is 21. The van der Waals surface area contributed by atoms with E-state index in [1.165, 1.54) is 206 Å². The molecule has 564 valence electrons. The maximum atomic E-state index is 5.58. The molecule has 0 radical (unpaired) electrons. The van der Waals surface area contributed by atoms with E-state index in [-0.39, 0.29) is 0 Å². The molecule has 2 aliphatic carbocycles. The van der Waals surface area contributed by atoms with Gasteiger partial charge in [0.1, 0.15) is 0 Å². The highest BCUT2D eigenvalue weighted by molar-refractivity contribution is 7.99. The third-order valence-corrected chi connectivity index (χ3v) is 29.3. The molecule has 0 unspecified atom stereocenters. The van der Waals surface area contributed by atoms with Gasteiger partial charge in [0.25, 0.3) is 0 Å². The van der Waals surface area contributed by atoms with Gasteiger partial charge >= 0.3 is 0 Å². The fourth-order valence-electron chi connectivity index (χ4n) is 21.7. The molecule has 122 heavy (non-hydrogen) atoms. The van der Waals surface area contributed by atoms with Crippen molar-refractivity contribution in [2.24, 2.45) is 0 Å². The first-order chi connectivity index (χ1) is 60.5. The van der Waals surface area contributed by atoms with Gasteiger partial charge in [-0.15, -0.1) is 0 Å². The molecule has 0 fully saturated rings. The number of aromatic nitrogens is 2. The van der Waals surface area contributed by atoms with Crippen LogP contribution in [0.2, 0.25) is 0 Å². The highest BCUT2D eigenvalue weighted by Crippen LogP contribution is 2.65. The number of nitrogens with zero attached hydrogens (tertiary/aromatic N) is 2. The molecule has 0 amide bonds. The number of hydrogen-bond acceptors (Lipinski definition) is 4. The van der Waals surface area contributed by atoms with E-state index >= 15 is 0 Å². The molecule has 2 aliphatic heterocycles. The lowest BCUT2D eigenvalue weighted by molar-refractivity contribution is 0.723. The van der Waals surface area contributed by atoms with E-state index in [2.05, 4.69) is 425 Å². The number of para-hydroxylation sites is 1. The van der Waals surface area contributed by atoms with Crippen LogP contribution >= 0.6 is 23.5 Å². The highest BCUT2D eigenvalue weighted by Gasteiger charge is 2.52. The number of hydrogen-bond donors (Lipinski definition) is 0. The second kappa shape index (κ2) is 26.9. The molecule has 0 bridgehead atoms. The molecule has 0 atom stereocenters. The van der Waals surface area contributed by atoms with Crippen molar-refractivity contribution >= 4 is 132 Å². The molecule has 21 aromatic carbocycles. The topological polar surface area (TPSA) is 25.8 Å². The van der Waals surface area contributed by atoms with Gasteiger partial charge in [0, 0.05) is 52.3 Å². The van der Waals surface area contributed by atoms with Crippen LogP contribution in [0.3, 0.4) is 0 Å². The Kier molecular flexibility index (Phi) is 15.2. The second-order valence-corrected chi connectivity index (χ2v) is 35.2. The summed E-state index contributed by atoms with van der Waals surface area (Å²) in [6.45, 7) is 0. The first kappa shape index (κ1) is 69.2. The Labute approximate surface area is 713 Å². The molecule has 2 aromatic heterocycles. The maximum absolute atomic E-state index is 5.58. The van der Waals surface area contributed by atoms with Crippen LogP contribution in [-0.2, 0) is 10.8 Å². The molecule has 23 aromatic rings. The molecule has 4 heterocycles. The summed E-state index contributed by atoms with van der Waals surface area (Å²) in [6, 6.07) is 158. The van der Waals surface area contributed by atoms with Crippen molar-refractivity contribution in [3.63, 3.8) is 0 Å². The van der Waals surface area contributed by atoms with Crippen LogP contribution < -0.4 is 0 Å². The Morgan fingerprint density at radius 1 is 0.148 bits per heavy atom. The number of rotatable bonds is 5. The van der Waals surface area contributed by atoms with Crippen LogP contribution in [0.4, 0.5) is 0 Å². The zero-order chi connectivity index (χ0) is 79.9. The molecule has 4 aliphatic rings. The lowest BCUT2D eigenvalue weighted by atomic mass is 9.67. The van der Waals surface area contributed by atoms with Crippen LogP contribution in [0, 0.1) is 0 Å². The highest BCUT2D eigenvalue weighted by atomic mass is 32.2. The zero-order valence-corrected chi connectivity index (χ0v) is 67.8. The summed E-state index contributed by atoms with van der Waals surface area (Å²) >= 11 is 3.78. The van der Waals surface area contributed by atoms with E-state index in [1.54, 1.807) is 0 Å². The first-order valence-corrected chi connectivity index (χ1v) is 43.8. The molecule has 2 spiro atoms. The molecule has 0 saturated heterocycles.